The van der Waals surface area contributed by atoms with Gasteiger partial charge in [0, 0.05) is 27.2 Å². The minimum atomic E-state index is 0.992. The minimum absolute atomic E-state index is 0.992. The maximum absolute atomic E-state index is 4.38. The number of hydrogen-bond acceptors (Lipinski definition) is 2. The molecule has 23 heavy (non-hydrogen) atoms. The first-order chi connectivity index (χ1) is 11.2. The molecule has 0 unspecified atom stereocenters. The first-order valence-electron chi connectivity index (χ1n) is 7.72. The van der Waals surface area contributed by atoms with Gasteiger partial charge in [0.1, 0.15) is 0 Å². The van der Waals surface area contributed by atoms with Gasteiger partial charge < -0.3 is 0 Å². The molecule has 1 aromatic heterocycles. The van der Waals surface area contributed by atoms with Crippen LogP contribution in [0.4, 0.5) is 0 Å². The van der Waals surface area contributed by atoms with Crippen LogP contribution in [0.5, 0.6) is 0 Å². The van der Waals surface area contributed by atoms with Crippen LogP contribution in [0.2, 0.25) is 0 Å². The Balaban J connectivity index is 1.68. The molecule has 4 rings (SSSR count). The van der Waals surface area contributed by atoms with Crippen molar-refractivity contribution in [2.45, 2.75) is 23.1 Å². The van der Waals surface area contributed by atoms with Gasteiger partial charge in [0.25, 0.3) is 0 Å². The first-order valence-corrected chi connectivity index (χ1v) is 8.53. The normalized spacial score (nSPS) is 12.4. The second-order valence-corrected chi connectivity index (χ2v) is 6.96. The highest BCUT2D eigenvalue weighted by Gasteiger charge is 2.16. The van der Waals surface area contributed by atoms with E-state index >= 15 is 0 Å². The van der Waals surface area contributed by atoms with Gasteiger partial charge in [-0.25, -0.2) is 0 Å². The van der Waals surface area contributed by atoms with Crippen molar-refractivity contribution in [3.8, 4) is 0 Å². The van der Waals surface area contributed by atoms with Crippen LogP contribution in [0, 0.1) is 6.92 Å². The zero-order valence-corrected chi connectivity index (χ0v) is 13.9. The van der Waals surface area contributed by atoms with E-state index in [0.717, 1.165) is 23.3 Å². The SMILES string of the molecule is C=C(c1ccc(C)nc1)c1ccc2c(c1)Cc1ccccc1S2. The monoisotopic (exact) mass is 315 g/mol. The summed E-state index contributed by atoms with van der Waals surface area (Å²) in [7, 11) is 0. The molecule has 0 aliphatic carbocycles. The summed E-state index contributed by atoms with van der Waals surface area (Å²) in [5, 5.41) is 0. The zero-order valence-electron chi connectivity index (χ0n) is 13.0. The van der Waals surface area contributed by atoms with Gasteiger partial charge in [-0.2, -0.15) is 0 Å². The molecule has 1 aliphatic rings. The summed E-state index contributed by atoms with van der Waals surface area (Å²) in [4.78, 5) is 7.10. The third kappa shape index (κ3) is 2.71. The van der Waals surface area contributed by atoms with E-state index < -0.39 is 0 Å². The fourth-order valence-electron chi connectivity index (χ4n) is 2.89. The number of nitrogens with zero attached hydrogens (tertiary/aromatic N) is 1. The lowest BCUT2D eigenvalue weighted by Gasteiger charge is -2.20. The molecule has 112 valence electrons. The molecule has 0 bridgehead atoms. The number of aryl methyl sites for hydroxylation is 1. The van der Waals surface area contributed by atoms with E-state index in [1.807, 2.05) is 30.9 Å². The number of hydrogen-bond donors (Lipinski definition) is 0. The van der Waals surface area contributed by atoms with E-state index in [1.54, 1.807) is 0 Å². The Labute approximate surface area is 141 Å². The lowest BCUT2D eigenvalue weighted by molar-refractivity contribution is 1.05. The number of fused-ring (bicyclic) bond motifs is 2. The van der Waals surface area contributed by atoms with Crippen molar-refractivity contribution in [2.75, 3.05) is 0 Å². The highest BCUT2D eigenvalue weighted by molar-refractivity contribution is 7.99. The Morgan fingerprint density at radius 2 is 1.74 bits per heavy atom. The molecule has 0 atom stereocenters. The highest BCUT2D eigenvalue weighted by Crippen LogP contribution is 2.40. The average Bonchev–Trinajstić information content (AvgIpc) is 2.59. The molecule has 1 nitrogen and oxygen atoms in total. The van der Waals surface area contributed by atoms with Gasteiger partial charge in [-0.15, -0.1) is 0 Å². The van der Waals surface area contributed by atoms with Crippen LogP contribution in [0.3, 0.4) is 0 Å². The fraction of sp³-hybridized carbons (Fsp3) is 0.0952. The molecular weight excluding hydrogens is 298 g/mol. The van der Waals surface area contributed by atoms with Gasteiger partial charge >= 0.3 is 0 Å². The molecule has 0 radical (unpaired) electrons. The van der Waals surface area contributed by atoms with Gasteiger partial charge in [0.2, 0.25) is 0 Å². The van der Waals surface area contributed by atoms with Crippen molar-refractivity contribution in [3.05, 3.63) is 95.3 Å². The van der Waals surface area contributed by atoms with Gasteiger partial charge in [-0.1, -0.05) is 48.7 Å². The Bertz CT molecular complexity index is 894. The van der Waals surface area contributed by atoms with E-state index in [0.29, 0.717) is 0 Å². The van der Waals surface area contributed by atoms with Gasteiger partial charge in [0.05, 0.1) is 0 Å². The molecule has 2 heterocycles. The van der Waals surface area contributed by atoms with Gasteiger partial charge in [0.15, 0.2) is 0 Å². The average molecular weight is 315 g/mol. The zero-order chi connectivity index (χ0) is 15.8. The van der Waals surface area contributed by atoms with Crippen LogP contribution in [-0.4, -0.2) is 4.98 Å². The molecule has 0 saturated heterocycles. The standard InChI is InChI=1S/C21H17NS/c1-14-7-8-18(13-22-14)15(2)16-9-10-21-19(11-16)12-17-5-3-4-6-20(17)23-21/h3-11,13H,2,12H2,1H3. The van der Waals surface area contributed by atoms with E-state index in [4.69, 9.17) is 0 Å². The van der Waals surface area contributed by atoms with Crippen molar-refractivity contribution in [1.82, 2.24) is 4.98 Å². The first kappa shape index (κ1) is 14.3. The van der Waals surface area contributed by atoms with Crippen LogP contribution in [0.25, 0.3) is 5.57 Å². The smallest absolute Gasteiger partial charge is 0.0373 e. The van der Waals surface area contributed by atoms with Crippen LogP contribution >= 0.6 is 11.8 Å². The maximum Gasteiger partial charge on any atom is 0.0373 e. The lowest BCUT2D eigenvalue weighted by atomic mass is 9.96. The Kier molecular flexibility index (Phi) is 3.55. The molecule has 2 heteroatoms. The third-order valence-electron chi connectivity index (χ3n) is 4.24. The molecule has 1 aliphatic heterocycles. The van der Waals surface area contributed by atoms with Gasteiger partial charge in [-0.3, -0.25) is 4.98 Å². The van der Waals surface area contributed by atoms with Crippen molar-refractivity contribution in [2.24, 2.45) is 0 Å². The summed E-state index contributed by atoms with van der Waals surface area (Å²) < 4.78 is 0. The largest absolute Gasteiger partial charge is 0.261 e. The highest BCUT2D eigenvalue weighted by atomic mass is 32.2. The topological polar surface area (TPSA) is 12.9 Å². The minimum Gasteiger partial charge on any atom is -0.261 e. The predicted octanol–water partition coefficient (Wildman–Crippen LogP) is 5.51. The van der Waals surface area contributed by atoms with Gasteiger partial charge in [-0.05, 0) is 59.9 Å². The number of benzene rings is 2. The molecule has 3 aromatic rings. The van der Waals surface area contributed by atoms with Crippen molar-refractivity contribution < 1.29 is 0 Å². The molecule has 0 fully saturated rings. The number of pyridine rings is 1. The van der Waals surface area contributed by atoms with Crippen LogP contribution < -0.4 is 0 Å². The Morgan fingerprint density at radius 1 is 0.957 bits per heavy atom. The van der Waals surface area contributed by atoms with E-state index in [2.05, 4.69) is 60.1 Å². The predicted molar refractivity (Wildman–Crippen MR) is 96.9 cm³/mol. The summed E-state index contributed by atoms with van der Waals surface area (Å²) in [6.45, 7) is 6.27. The number of rotatable bonds is 2. The molecule has 0 amide bonds. The van der Waals surface area contributed by atoms with Crippen molar-refractivity contribution >= 4 is 17.3 Å². The van der Waals surface area contributed by atoms with E-state index in [9.17, 15) is 0 Å². The quantitative estimate of drug-likeness (QED) is 0.484. The van der Waals surface area contributed by atoms with E-state index in [-0.39, 0.29) is 0 Å². The number of aromatic nitrogens is 1. The molecule has 0 spiro atoms. The second-order valence-electron chi connectivity index (χ2n) is 5.88. The lowest BCUT2D eigenvalue weighted by Crippen LogP contribution is -2.00. The Hall–Kier alpha value is -2.32. The van der Waals surface area contributed by atoms with Crippen LogP contribution in [-0.2, 0) is 6.42 Å². The third-order valence-corrected chi connectivity index (χ3v) is 5.48. The Morgan fingerprint density at radius 3 is 2.57 bits per heavy atom. The van der Waals surface area contributed by atoms with Crippen molar-refractivity contribution in [1.29, 1.82) is 0 Å². The molecule has 0 N–H and O–H groups in total. The summed E-state index contributed by atoms with van der Waals surface area (Å²) in [6, 6.07) is 19.4. The second kappa shape index (κ2) is 5.71. The maximum atomic E-state index is 4.38. The molecular formula is C21H17NS. The van der Waals surface area contributed by atoms with Crippen molar-refractivity contribution in [3.63, 3.8) is 0 Å². The summed E-state index contributed by atoms with van der Waals surface area (Å²) in [5.74, 6) is 0. The summed E-state index contributed by atoms with van der Waals surface area (Å²) in [6.07, 6.45) is 2.90. The summed E-state index contributed by atoms with van der Waals surface area (Å²) in [5.41, 5.74) is 7.11. The van der Waals surface area contributed by atoms with E-state index in [1.165, 1.54) is 26.5 Å². The fourth-order valence-corrected chi connectivity index (χ4v) is 3.94. The molecule has 0 saturated carbocycles. The van der Waals surface area contributed by atoms with Crippen LogP contribution in [0.1, 0.15) is 27.9 Å². The molecule has 2 aromatic carbocycles. The van der Waals surface area contributed by atoms with Crippen LogP contribution in [0.15, 0.2) is 77.2 Å². The summed E-state index contributed by atoms with van der Waals surface area (Å²) >= 11 is 1.86.